The minimum atomic E-state index is 0.491. The summed E-state index contributed by atoms with van der Waals surface area (Å²) in [5.74, 6) is 2.36. The van der Waals surface area contributed by atoms with E-state index in [9.17, 15) is 0 Å². The highest BCUT2D eigenvalue weighted by Gasteiger charge is 2.13. The predicted molar refractivity (Wildman–Crippen MR) is 120 cm³/mol. The van der Waals surface area contributed by atoms with Gasteiger partial charge in [-0.2, -0.15) is 0 Å². The SMILES string of the molecule is CCOc1cc(CNCc2ccccc2OC)cc(Br)c1OCc1ccccc1. The quantitative estimate of drug-likeness (QED) is 0.423. The fourth-order valence-corrected chi connectivity index (χ4v) is 3.65. The molecular weight excluding hydrogens is 430 g/mol. The maximum Gasteiger partial charge on any atom is 0.175 e. The highest BCUT2D eigenvalue weighted by atomic mass is 79.9. The number of para-hydroxylation sites is 1. The molecule has 0 aromatic heterocycles. The van der Waals surface area contributed by atoms with Gasteiger partial charge in [0.05, 0.1) is 18.2 Å². The number of halogens is 1. The van der Waals surface area contributed by atoms with E-state index in [1.54, 1.807) is 7.11 Å². The van der Waals surface area contributed by atoms with E-state index in [0.717, 1.165) is 45.0 Å². The molecule has 0 saturated carbocycles. The lowest BCUT2D eigenvalue weighted by atomic mass is 10.1. The van der Waals surface area contributed by atoms with E-state index in [1.807, 2.05) is 61.5 Å². The Morgan fingerprint density at radius 2 is 1.59 bits per heavy atom. The topological polar surface area (TPSA) is 39.7 Å². The van der Waals surface area contributed by atoms with Crippen LogP contribution < -0.4 is 19.5 Å². The average molecular weight is 456 g/mol. The third kappa shape index (κ3) is 5.99. The highest BCUT2D eigenvalue weighted by molar-refractivity contribution is 9.10. The zero-order valence-electron chi connectivity index (χ0n) is 16.8. The van der Waals surface area contributed by atoms with Crippen LogP contribution in [0.15, 0.2) is 71.2 Å². The molecule has 0 atom stereocenters. The molecule has 0 saturated heterocycles. The van der Waals surface area contributed by atoms with E-state index < -0.39 is 0 Å². The van der Waals surface area contributed by atoms with E-state index in [0.29, 0.717) is 19.8 Å². The molecule has 4 nitrogen and oxygen atoms in total. The van der Waals surface area contributed by atoms with Crippen LogP contribution in [0, 0.1) is 0 Å². The molecule has 0 aliphatic carbocycles. The third-order valence-corrected chi connectivity index (χ3v) is 5.02. The fourth-order valence-electron chi connectivity index (χ4n) is 3.05. The second kappa shape index (κ2) is 10.9. The van der Waals surface area contributed by atoms with Crippen LogP contribution in [-0.2, 0) is 19.7 Å². The summed E-state index contributed by atoms with van der Waals surface area (Å²) < 4.78 is 18.2. The summed E-state index contributed by atoms with van der Waals surface area (Å²) in [7, 11) is 1.69. The van der Waals surface area contributed by atoms with Crippen LogP contribution in [0.5, 0.6) is 17.2 Å². The van der Waals surface area contributed by atoms with E-state index in [4.69, 9.17) is 14.2 Å². The molecule has 3 aromatic carbocycles. The lowest BCUT2D eigenvalue weighted by Crippen LogP contribution is -2.13. The lowest BCUT2D eigenvalue weighted by Gasteiger charge is -2.16. The smallest absolute Gasteiger partial charge is 0.175 e. The molecule has 0 radical (unpaired) electrons. The minimum absolute atomic E-state index is 0.491. The number of methoxy groups -OCH3 is 1. The Bertz CT molecular complexity index is 915. The lowest BCUT2D eigenvalue weighted by molar-refractivity contribution is 0.267. The maximum atomic E-state index is 6.06. The summed E-state index contributed by atoms with van der Waals surface area (Å²) in [6, 6.07) is 22.2. The number of rotatable bonds is 10. The van der Waals surface area contributed by atoms with Gasteiger partial charge in [-0.1, -0.05) is 48.5 Å². The van der Waals surface area contributed by atoms with Gasteiger partial charge < -0.3 is 19.5 Å². The predicted octanol–water partition coefficient (Wildman–Crippen LogP) is 5.73. The van der Waals surface area contributed by atoms with Gasteiger partial charge in [0.2, 0.25) is 0 Å². The molecule has 0 bridgehead atoms. The van der Waals surface area contributed by atoms with Crippen LogP contribution in [0.3, 0.4) is 0 Å². The first-order valence-electron chi connectivity index (χ1n) is 9.65. The van der Waals surface area contributed by atoms with E-state index in [-0.39, 0.29) is 0 Å². The van der Waals surface area contributed by atoms with Crippen molar-refractivity contribution in [2.24, 2.45) is 0 Å². The molecule has 29 heavy (non-hydrogen) atoms. The normalized spacial score (nSPS) is 10.6. The Morgan fingerprint density at radius 1 is 0.828 bits per heavy atom. The first kappa shape index (κ1) is 21.2. The van der Waals surface area contributed by atoms with Crippen LogP contribution in [0.25, 0.3) is 0 Å². The van der Waals surface area contributed by atoms with Gasteiger partial charge in [0, 0.05) is 18.7 Å². The van der Waals surface area contributed by atoms with Crippen molar-refractivity contribution in [2.45, 2.75) is 26.6 Å². The highest BCUT2D eigenvalue weighted by Crippen LogP contribution is 2.37. The molecule has 152 valence electrons. The van der Waals surface area contributed by atoms with Crippen LogP contribution in [0.2, 0.25) is 0 Å². The molecule has 5 heteroatoms. The van der Waals surface area contributed by atoms with E-state index in [2.05, 4.69) is 33.4 Å². The molecule has 0 unspecified atom stereocenters. The van der Waals surface area contributed by atoms with Crippen molar-refractivity contribution < 1.29 is 14.2 Å². The molecule has 3 rings (SSSR count). The Hall–Kier alpha value is -2.50. The van der Waals surface area contributed by atoms with Gasteiger partial charge in [-0.3, -0.25) is 0 Å². The zero-order valence-corrected chi connectivity index (χ0v) is 18.4. The number of nitrogens with one attached hydrogen (secondary N) is 1. The molecule has 0 spiro atoms. The van der Waals surface area contributed by atoms with E-state index in [1.165, 1.54) is 0 Å². The summed E-state index contributed by atoms with van der Waals surface area (Å²) in [5.41, 5.74) is 3.36. The number of hydrogen-bond acceptors (Lipinski definition) is 4. The van der Waals surface area contributed by atoms with E-state index >= 15 is 0 Å². The monoisotopic (exact) mass is 455 g/mol. The summed E-state index contributed by atoms with van der Waals surface area (Å²) in [4.78, 5) is 0. The van der Waals surface area contributed by atoms with Crippen LogP contribution in [0.1, 0.15) is 23.6 Å². The minimum Gasteiger partial charge on any atom is -0.496 e. The standard InChI is InChI=1S/C24H26BrNO3/c1-3-28-23-14-19(15-26-16-20-11-7-8-12-22(20)27-2)13-21(25)24(23)29-17-18-9-5-4-6-10-18/h4-14,26H,3,15-17H2,1-2H3. The second-order valence-corrected chi connectivity index (χ2v) is 7.38. The van der Waals surface area contributed by atoms with Gasteiger partial charge in [0.15, 0.2) is 11.5 Å². The van der Waals surface area contributed by atoms with Gasteiger partial charge >= 0.3 is 0 Å². The van der Waals surface area contributed by atoms with Gasteiger partial charge in [-0.25, -0.2) is 0 Å². The number of benzene rings is 3. The summed E-state index contributed by atoms with van der Waals surface area (Å²) in [6.07, 6.45) is 0. The van der Waals surface area contributed by atoms with Gasteiger partial charge in [0.25, 0.3) is 0 Å². The fraction of sp³-hybridized carbons (Fsp3) is 0.250. The second-order valence-electron chi connectivity index (χ2n) is 6.53. The Labute approximate surface area is 180 Å². The summed E-state index contributed by atoms with van der Waals surface area (Å²) in [6.45, 7) is 4.46. The van der Waals surface area contributed by atoms with Crippen LogP contribution in [-0.4, -0.2) is 13.7 Å². The van der Waals surface area contributed by atoms with Crippen molar-refractivity contribution in [1.82, 2.24) is 5.32 Å². The number of ether oxygens (including phenoxy) is 3. The first-order chi connectivity index (χ1) is 14.2. The molecule has 0 aliphatic heterocycles. The van der Waals surface area contributed by atoms with Crippen LogP contribution in [0.4, 0.5) is 0 Å². The molecular formula is C24H26BrNO3. The Balaban J connectivity index is 1.68. The van der Waals surface area contributed by atoms with Gasteiger partial charge in [-0.15, -0.1) is 0 Å². The van der Waals surface area contributed by atoms with Crippen molar-refractivity contribution in [3.63, 3.8) is 0 Å². The molecule has 0 fully saturated rings. The van der Waals surface area contributed by atoms with Crippen molar-refractivity contribution in [3.05, 3.63) is 87.9 Å². The summed E-state index contributed by atoms with van der Waals surface area (Å²) >= 11 is 3.65. The van der Waals surface area contributed by atoms with Crippen molar-refractivity contribution in [2.75, 3.05) is 13.7 Å². The Kier molecular flexibility index (Phi) is 7.96. The van der Waals surface area contributed by atoms with Gasteiger partial charge in [0.1, 0.15) is 12.4 Å². The van der Waals surface area contributed by atoms with Crippen molar-refractivity contribution in [3.8, 4) is 17.2 Å². The maximum absolute atomic E-state index is 6.06. The average Bonchev–Trinajstić information content (AvgIpc) is 2.74. The van der Waals surface area contributed by atoms with Crippen molar-refractivity contribution in [1.29, 1.82) is 0 Å². The molecule has 1 N–H and O–H groups in total. The van der Waals surface area contributed by atoms with Gasteiger partial charge in [-0.05, 0) is 52.2 Å². The van der Waals surface area contributed by atoms with Crippen molar-refractivity contribution >= 4 is 15.9 Å². The Morgan fingerprint density at radius 3 is 2.34 bits per heavy atom. The summed E-state index contributed by atoms with van der Waals surface area (Å²) in [5, 5.41) is 3.47. The third-order valence-electron chi connectivity index (χ3n) is 4.43. The molecule has 3 aromatic rings. The number of hydrogen-bond donors (Lipinski definition) is 1. The first-order valence-corrected chi connectivity index (χ1v) is 10.4. The molecule has 0 amide bonds. The largest absolute Gasteiger partial charge is 0.496 e. The molecule has 0 aliphatic rings. The van der Waals surface area contributed by atoms with Crippen LogP contribution >= 0.6 is 15.9 Å². The zero-order chi connectivity index (χ0) is 20.5. The molecule has 0 heterocycles.